The Morgan fingerprint density at radius 1 is 1.29 bits per heavy atom. The lowest BCUT2D eigenvalue weighted by atomic mass is 10.1. The molecule has 0 aromatic heterocycles. The molecule has 1 unspecified atom stereocenters. The van der Waals surface area contributed by atoms with Crippen LogP contribution in [0.3, 0.4) is 0 Å². The van der Waals surface area contributed by atoms with Gasteiger partial charge >= 0.3 is 0 Å². The Kier molecular flexibility index (Phi) is 5.53. The largest absolute Gasteiger partial charge is 0.300 e. The molecule has 1 aromatic rings. The molecule has 0 bridgehead atoms. The quantitative estimate of drug-likeness (QED) is 0.721. The average molecular weight is 306 g/mol. The van der Waals surface area contributed by atoms with Crippen molar-refractivity contribution in [2.24, 2.45) is 0 Å². The maximum absolute atomic E-state index is 13.9. The molecule has 0 saturated carbocycles. The zero-order valence-electron chi connectivity index (χ0n) is 10.2. The zero-order valence-corrected chi connectivity index (χ0v) is 11.8. The Bertz CT molecular complexity index is 327. The molecule has 4 heteroatoms. The standard InChI is InChI=1S/C13H18BrF2N/c1-11(14)8-9-17(2)10-13(15,16)12-6-4-3-5-7-12/h3-7,11H,8-10H2,1-2H3. The van der Waals surface area contributed by atoms with Gasteiger partial charge in [0.2, 0.25) is 0 Å². The lowest BCUT2D eigenvalue weighted by Gasteiger charge is -2.24. The van der Waals surface area contributed by atoms with E-state index in [0.717, 1.165) is 6.42 Å². The fourth-order valence-corrected chi connectivity index (χ4v) is 1.79. The summed E-state index contributed by atoms with van der Waals surface area (Å²) in [6.07, 6.45) is 0.862. The molecule has 1 nitrogen and oxygen atoms in total. The maximum atomic E-state index is 13.9. The van der Waals surface area contributed by atoms with E-state index in [9.17, 15) is 8.78 Å². The third kappa shape index (κ3) is 5.13. The molecule has 0 aliphatic rings. The predicted molar refractivity (Wildman–Crippen MR) is 70.8 cm³/mol. The van der Waals surface area contributed by atoms with Gasteiger partial charge in [0.25, 0.3) is 5.92 Å². The second kappa shape index (κ2) is 6.45. The minimum atomic E-state index is -2.79. The van der Waals surface area contributed by atoms with Crippen LogP contribution >= 0.6 is 15.9 Å². The molecule has 0 aliphatic heterocycles. The Balaban J connectivity index is 2.54. The summed E-state index contributed by atoms with van der Waals surface area (Å²) in [5.74, 6) is -2.79. The Labute approximate surface area is 110 Å². The van der Waals surface area contributed by atoms with Crippen molar-refractivity contribution >= 4 is 15.9 Å². The number of likely N-dealkylation sites (N-methyl/N-ethyl adjacent to an activating group) is 1. The molecule has 0 fully saturated rings. The summed E-state index contributed by atoms with van der Waals surface area (Å²) in [4.78, 5) is 2.03. The monoisotopic (exact) mass is 305 g/mol. The third-order valence-corrected chi connectivity index (χ3v) is 3.03. The first-order valence-corrected chi connectivity index (χ1v) is 6.59. The van der Waals surface area contributed by atoms with E-state index in [1.54, 1.807) is 30.1 Å². The lowest BCUT2D eigenvalue weighted by Crippen LogP contribution is -2.33. The number of alkyl halides is 3. The molecule has 96 valence electrons. The van der Waals surface area contributed by atoms with Crippen LogP contribution < -0.4 is 0 Å². The number of nitrogens with zero attached hydrogens (tertiary/aromatic N) is 1. The Morgan fingerprint density at radius 2 is 1.88 bits per heavy atom. The zero-order chi connectivity index (χ0) is 12.9. The number of hydrogen-bond acceptors (Lipinski definition) is 1. The van der Waals surface area contributed by atoms with Crippen molar-refractivity contribution in [3.8, 4) is 0 Å². The van der Waals surface area contributed by atoms with Crippen molar-refractivity contribution in [2.45, 2.75) is 24.1 Å². The van der Waals surface area contributed by atoms with Crippen molar-refractivity contribution in [3.63, 3.8) is 0 Å². The van der Waals surface area contributed by atoms with Gasteiger partial charge in [-0.2, -0.15) is 8.78 Å². The number of rotatable bonds is 6. The van der Waals surface area contributed by atoms with Gasteiger partial charge in [0.15, 0.2) is 0 Å². The fraction of sp³-hybridized carbons (Fsp3) is 0.538. The molecule has 0 N–H and O–H groups in total. The van der Waals surface area contributed by atoms with E-state index >= 15 is 0 Å². The summed E-state index contributed by atoms with van der Waals surface area (Å²) in [7, 11) is 1.73. The molecule has 0 heterocycles. The normalized spacial score (nSPS) is 14.0. The number of halogens is 3. The van der Waals surface area contributed by atoms with Gasteiger partial charge in [-0.25, -0.2) is 0 Å². The third-order valence-electron chi connectivity index (χ3n) is 2.57. The van der Waals surface area contributed by atoms with Crippen molar-refractivity contribution in [2.75, 3.05) is 20.1 Å². The topological polar surface area (TPSA) is 3.24 Å². The van der Waals surface area contributed by atoms with Gasteiger partial charge in [-0.3, -0.25) is 0 Å². The minimum Gasteiger partial charge on any atom is -0.300 e. The van der Waals surface area contributed by atoms with Crippen LogP contribution in [0.2, 0.25) is 0 Å². The van der Waals surface area contributed by atoms with E-state index < -0.39 is 5.92 Å². The highest BCUT2D eigenvalue weighted by molar-refractivity contribution is 9.09. The number of hydrogen-bond donors (Lipinski definition) is 0. The van der Waals surface area contributed by atoms with Crippen LogP contribution in [0.15, 0.2) is 30.3 Å². The summed E-state index contributed by atoms with van der Waals surface area (Å²) >= 11 is 3.41. The molecule has 17 heavy (non-hydrogen) atoms. The molecular weight excluding hydrogens is 288 g/mol. The molecule has 1 aromatic carbocycles. The van der Waals surface area contributed by atoms with Crippen molar-refractivity contribution in [1.29, 1.82) is 0 Å². The Hall–Kier alpha value is -0.480. The predicted octanol–water partition coefficient (Wildman–Crippen LogP) is 3.88. The molecule has 0 radical (unpaired) electrons. The second-order valence-corrected chi connectivity index (χ2v) is 5.94. The van der Waals surface area contributed by atoms with Crippen LogP contribution in [0.1, 0.15) is 18.9 Å². The van der Waals surface area contributed by atoms with Crippen LogP contribution in [0, 0.1) is 0 Å². The van der Waals surface area contributed by atoms with Gasteiger partial charge in [0.05, 0.1) is 6.54 Å². The van der Waals surface area contributed by atoms with Gasteiger partial charge < -0.3 is 4.90 Å². The SMILES string of the molecule is CC(Br)CCN(C)CC(F)(F)c1ccccc1. The Morgan fingerprint density at radius 3 is 2.41 bits per heavy atom. The minimum absolute atomic E-state index is 0.0822. The first-order valence-electron chi connectivity index (χ1n) is 5.68. The van der Waals surface area contributed by atoms with E-state index in [-0.39, 0.29) is 12.1 Å². The van der Waals surface area contributed by atoms with Gasteiger partial charge in [0.1, 0.15) is 0 Å². The summed E-state index contributed by atoms with van der Waals surface area (Å²) in [6.45, 7) is 2.44. The summed E-state index contributed by atoms with van der Waals surface area (Å²) in [5.41, 5.74) is 0.0822. The van der Waals surface area contributed by atoms with Gasteiger partial charge in [-0.05, 0) is 20.0 Å². The second-order valence-electron chi connectivity index (χ2n) is 4.38. The highest BCUT2D eigenvalue weighted by atomic mass is 79.9. The highest BCUT2D eigenvalue weighted by Crippen LogP contribution is 2.28. The van der Waals surface area contributed by atoms with Gasteiger partial charge in [0, 0.05) is 10.4 Å². The molecule has 0 spiro atoms. The molecule has 0 saturated heterocycles. The highest BCUT2D eigenvalue weighted by Gasteiger charge is 2.32. The van der Waals surface area contributed by atoms with Crippen molar-refractivity contribution in [1.82, 2.24) is 4.90 Å². The van der Waals surface area contributed by atoms with Crippen LogP contribution in [0.5, 0.6) is 0 Å². The molecular formula is C13H18BrF2N. The van der Waals surface area contributed by atoms with E-state index in [2.05, 4.69) is 15.9 Å². The summed E-state index contributed by atoms with van der Waals surface area (Å²) < 4.78 is 27.8. The first kappa shape index (κ1) is 14.6. The van der Waals surface area contributed by atoms with Crippen molar-refractivity contribution in [3.05, 3.63) is 35.9 Å². The maximum Gasteiger partial charge on any atom is 0.285 e. The van der Waals surface area contributed by atoms with E-state index in [0.29, 0.717) is 11.4 Å². The summed E-state index contributed by atoms with van der Waals surface area (Å²) in [6, 6.07) is 7.98. The van der Waals surface area contributed by atoms with Crippen LogP contribution in [-0.2, 0) is 5.92 Å². The van der Waals surface area contributed by atoms with Crippen LogP contribution in [0.4, 0.5) is 8.78 Å². The lowest BCUT2D eigenvalue weighted by molar-refractivity contribution is -0.0322. The van der Waals surface area contributed by atoms with E-state index in [1.807, 2.05) is 6.92 Å². The van der Waals surface area contributed by atoms with Crippen LogP contribution in [0.25, 0.3) is 0 Å². The molecule has 1 atom stereocenters. The molecule has 0 amide bonds. The summed E-state index contributed by atoms with van der Waals surface area (Å²) in [5, 5.41) is 0. The molecule has 1 rings (SSSR count). The van der Waals surface area contributed by atoms with Crippen molar-refractivity contribution < 1.29 is 8.78 Å². The van der Waals surface area contributed by atoms with E-state index in [1.165, 1.54) is 12.1 Å². The smallest absolute Gasteiger partial charge is 0.285 e. The first-order chi connectivity index (χ1) is 7.92. The average Bonchev–Trinajstić information content (AvgIpc) is 2.27. The number of benzene rings is 1. The van der Waals surface area contributed by atoms with Gasteiger partial charge in [-0.1, -0.05) is 53.2 Å². The van der Waals surface area contributed by atoms with E-state index in [4.69, 9.17) is 0 Å². The molecule has 0 aliphatic carbocycles. The van der Waals surface area contributed by atoms with Crippen LogP contribution in [-0.4, -0.2) is 29.9 Å². The fourth-order valence-electron chi connectivity index (χ4n) is 1.59. The van der Waals surface area contributed by atoms with Gasteiger partial charge in [-0.15, -0.1) is 0 Å².